The van der Waals surface area contributed by atoms with Gasteiger partial charge in [0.1, 0.15) is 0 Å². The number of hydrogen-bond acceptors (Lipinski definition) is 2. The summed E-state index contributed by atoms with van der Waals surface area (Å²) in [5, 5.41) is 3.29. The van der Waals surface area contributed by atoms with Crippen molar-refractivity contribution in [2.24, 2.45) is 0 Å². The van der Waals surface area contributed by atoms with Gasteiger partial charge in [-0.15, -0.1) is 0 Å². The second-order valence-corrected chi connectivity index (χ2v) is 4.02. The summed E-state index contributed by atoms with van der Waals surface area (Å²) in [5.74, 6) is 0. The first kappa shape index (κ1) is 10.6. The van der Waals surface area contributed by atoms with Crippen molar-refractivity contribution in [3.05, 3.63) is 34.4 Å². The van der Waals surface area contributed by atoms with Crippen molar-refractivity contribution in [3.8, 4) is 0 Å². The van der Waals surface area contributed by atoms with E-state index in [4.69, 9.17) is 0 Å². The van der Waals surface area contributed by atoms with Crippen LogP contribution in [0.2, 0.25) is 0 Å². The molecule has 1 aromatic rings. The Hall–Kier alpha value is -0.470. The van der Waals surface area contributed by atoms with Gasteiger partial charge in [-0.1, -0.05) is 17.7 Å². The smallest absolute Gasteiger partial charge is 0.0762 e. The van der Waals surface area contributed by atoms with Crippen LogP contribution in [0.3, 0.4) is 0 Å². The van der Waals surface area contributed by atoms with Crippen molar-refractivity contribution in [1.82, 2.24) is 5.32 Å². The van der Waals surface area contributed by atoms with Crippen LogP contribution in [-0.2, 0) is 0 Å². The lowest BCUT2D eigenvalue weighted by atomic mass is 10.00. The van der Waals surface area contributed by atoms with E-state index in [-0.39, 0.29) is 5.37 Å². The molecule has 1 atom stereocenters. The minimum absolute atomic E-state index is 0.139. The Bertz CT molecular complexity index is 284. The molecule has 0 amide bonds. The van der Waals surface area contributed by atoms with Gasteiger partial charge >= 0.3 is 0 Å². The molecule has 0 saturated heterocycles. The molecule has 1 unspecified atom stereocenters. The van der Waals surface area contributed by atoms with E-state index in [0.29, 0.717) is 0 Å². The highest BCUT2D eigenvalue weighted by molar-refractivity contribution is 7.80. The average molecular weight is 195 g/mol. The van der Waals surface area contributed by atoms with E-state index in [9.17, 15) is 0 Å². The topological polar surface area (TPSA) is 12.0 Å². The van der Waals surface area contributed by atoms with Gasteiger partial charge < -0.3 is 5.32 Å². The number of hydrogen-bond donors (Lipinski definition) is 2. The number of benzene rings is 1. The molecule has 0 fully saturated rings. The van der Waals surface area contributed by atoms with Gasteiger partial charge in [-0.25, -0.2) is 0 Å². The van der Waals surface area contributed by atoms with Crippen LogP contribution in [0.4, 0.5) is 0 Å². The maximum Gasteiger partial charge on any atom is 0.0762 e. The quantitative estimate of drug-likeness (QED) is 0.546. The predicted molar refractivity (Wildman–Crippen MR) is 61.4 cm³/mol. The van der Waals surface area contributed by atoms with E-state index in [2.05, 4.69) is 50.8 Å². The van der Waals surface area contributed by atoms with Crippen molar-refractivity contribution in [2.75, 3.05) is 7.05 Å². The lowest BCUT2D eigenvalue weighted by Crippen LogP contribution is -2.13. The summed E-state index contributed by atoms with van der Waals surface area (Å²) in [5.41, 5.74) is 5.24. The van der Waals surface area contributed by atoms with Gasteiger partial charge in [0, 0.05) is 0 Å². The first-order valence-corrected chi connectivity index (χ1v) is 5.01. The molecule has 0 saturated carbocycles. The Balaban J connectivity index is 3.20. The van der Waals surface area contributed by atoms with Crippen LogP contribution in [0, 0.1) is 20.8 Å². The fourth-order valence-electron chi connectivity index (χ4n) is 1.77. The molecule has 0 bridgehead atoms. The minimum atomic E-state index is 0.139. The van der Waals surface area contributed by atoms with E-state index in [1.54, 1.807) is 0 Å². The molecule has 0 aromatic heterocycles. The van der Waals surface area contributed by atoms with Gasteiger partial charge in [0.2, 0.25) is 0 Å². The predicted octanol–water partition coefficient (Wildman–Crippen LogP) is 2.76. The maximum absolute atomic E-state index is 4.48. The molecule has 2 heteroatoms. The van der Waals surface area contributed by atoms with Crippen LogP contribution in [0.25, 0.3) is 0 Å². The van der Waals surface area contributed by atoms with Crippen LogP contribution < -0.4 is 5.32 Å². The first-order chi connectivity index (χ1) is 6.06. The highest BCUT2D eigenvalue weighted by atomic mass is 32.1. The molecular weight excluding hydrogens is 178 g/mol. The lowest BCUT2D eigenvalue weighted by Gasteiger charge is -2.16. The zero-order valence-corrected chi connectivity index (χ0v) is 9.57. The van der Waals surface area contributed by atoms with Crippen LogP contribution >= 0.6 is 12.6 Å². The largest absolute Gasteiger partial charge is 0.305 e. The molecule has 0 aliphatic carbocycles. The fraction of sp³-hybridized carbons (Fsp3) is 0.455. The zero-order chi connectivity index (χ0) is 10.0. The third-order valence-corrected chi connectivity index (χ3v) is 2.80. The molecule has 1 nitrogen and oxygen atoms in total. The second-order valence-electron chi connectivity index (χ2n) is 3.50. The standard InChI is InChI=1S/C11H17NS/c1-7-5-8(2)10(9(3)6-7)11(13)12-4/h5-6,11-13H,1-4H3. The molecule has 1 rings (SSSR count). The average Bonchev–Trinajstić information content (AvgIpc) is 2.02. The molecule has 72 valence electrons. The minimum Gasteiger partial charge on any atom is -0.305 e. The van der Waals surface area contributed by atoms with E-state index < -0.39 is 0 Å². The molecule has 13 heavy (non-hydrogen) atoms. The maximum atomic E-state index is 4.48. The monoisotopic (exact) mass is 195 g/mol. The Morgan fingerprint density at radius 1 is 1.15 bits per heavy atom. The van der Waals surface area contributed by atoms with Gasteiger partial charge in [0.15, 0.2) is 0 Å². The van der Waals surface area contributed by atoms with Crippen LogP contribution in [-0.4, -0.2) is 7.05 Å². The normalized spacial score (nSPS) is 13.0. The van der Waals surface area contributed by atoms with Crippen LogP contribution in [0.1, 0.15) is 27.6 Å². The molecule has 0 spiro atoms. The number of thiol groups is 1. The molecule has 0 heterocycles. The molecule has 0 aliphatic heterocycles. The van der Waals surface area contributed by atoms with E-state index in [0.717, 1.165) is 0 Å². The number of nitrogens with one attached hydrogen (secondary N) is 1. The summed E-state index contributed by atoms with van der Waals surface area (Å²) in [6.45, 7) is 6.39. The van der Waals surface area contributed by atoms with Gasteiger partial charge in [0.25, 0.3) is 0 Å². The van der Waals surface area contributed by atoms with Gasteiger partial charge in [-0.05, 0) is 44.5 Å². The highest BCUT2D eigenvalue weighted by Gasteiger charge is 2.09. The molecule has 0 aliphatic rings. The zero-order valence-electron chi connectivity index (χ0n) is 8.68. The van der Waals surface area contributed by atoms with Gasteiger partial charge in [0.05, 0.1) is 5.37 Å². The van der Waals surface area contributed by atoms with E-state index in [1.807, 2.05) is 7.05 Å². The molecule has 0 radical (unpaired) electrons. The van der Waals surface area contributed by atoms with Crippen LogP contribution in [0.5, 0.6) is 0 Å². The van der Waals surface area contributed by atoms with E-state index >= 15 is 0 Å². The summed E-state index contributed by atoms with van der Waals surface area (Å²) in [6.07, 6.45) is 0. The Morgan fingerprint density at radius 2 is 1.62 bits per heavy atom. The van der Waals surface area contributed by atoms with Crippen molar-refractivity contribution in [2.45, 2.75) is 26.1 Å². The van der Waals surface area contributed by atoms with Gasteiger partial charge in [-0.3, -0.25) is 0 Å². The highest BCUT2D eigenvalue weighted by Crippen LogP contribution is 2.25. The van der Waals surface area contributed by atoms with Crippen molar-refractivity contribution in [1.29, 1.82) is 0 Å². The fourth-order valence-corrected chi connectivity index (χ4v) is 2.17. The number of rotatable bonds is 2. The van der Waals surface area contributed by atoms with Crippen LogP contribution in [0.15, 0.2) is 12.1 Å². The Labute approximate surface area is 86.0 Å². The summed E-state index contributed by atoms with van der Waals surface area (Å²) < 4.78 is 0. The Kier molecular flexibility index (Phi) is 3.40. The molecular formula is C11H17NS. The summed E-state index contributed by atoms with van der Waals surface area (Å²) >= 11 is 4.48. The Morgan fingerprint density at radius 3 is 2.00 bits per heavy atom. The third-order valence-electron chi connectivity index (χ3n) is 2.28. The summed E-state index contributed by atoms with van der Waals surface area (Å²) in [7, 11) is 1.93. The van der Waals surface area contributed by atoms with Crippen molar-refractivity contribution in [3.63, 3.8) is 0 Å². The van der Waals surface area contributed by atoms with Gasteiger partial charge in [-0.2, -0.15) is 12.6 Å². The van der Waals surface area contributed by atoms with E-state index in [1.165, 1.54) is 22.3 Å². The number of aryl methyl sites for hydroxylation is 3. The summed E-state index contributed by atoms with van der Waals surface area (Å²) in [4.78, 5) is 0. The third kappa shape index (κ3) is 2.26. The lowest BCUT2D eigenvalue weighted by molar-refractivity contribution is 0.788. The first-order valence-electron chi connectivity index (χ1n) is 4.49. The molecule has 1 aromatic carbocycles. The summed E-state index contributed by atoms with van der Waals surface area (Å²) in [6, 6.07) is 4.39. The van der Waals surface area contributed by atoms with Crippen molar-refractivity contribution >= 4 is 12.6 Å². The molecule has 1 N–H and O–H groups in total. The van der Waals surface area contributed by atoms with Crippen molar-refractivity contribution < 1.29 is 0 Å². The second kappa shape index (κ2) is 4.16. The SMILES string of the molecule is CNC(S)c1c(C)cc(C)cc1C.